The van der Waals surface area contributed by atoms with Crippen LogP contribution in [0.5, 0.6) is 5.75 Å². The molecule has 1 aliphatic carbocycles. The number of primary amides is 1. The molecule has 0 bridgehead atoms. The summed E-state index contributed by atoms with van der Waals surface area (Å²) < 4.78 is 16.6. The van der Waals surface area contributed by atoms with E-state index in [4.69, 9.17) is 49.1 Å². The first-order valence-electron chi connectivity index (χ1n) is 14.5. The van der Waals surface area contributed by atoms with E-state index < -0.39 is 18.0 Å². The van der Waals surface area contributed by atoms with Crippen LogP contribution in [0.25, 0.3) is 0 Å². The lowest BCUT2D eigenvalue weighted by Crippen LogP contribution is -2.58. The minimum Gasteiger partial charge on any atom is -0.492 e. The zero-order chi connectivity index (χ0) is 31.5. The van der Waals surface area contributed by atoms with Crippen LogP contribution >= 0.6 is 11.6 Å². The standard InChI is InChI=1S/C30H45ClN8O4/c1-4-37-29(28(33)43-30(34)40)38-26(12-15-36-18-22(2)31)27(17-32)39(20-23-9-6-5-7-10-23)21-25(41-3)13-16-42-24-11-8-14-35-19-24/h1,8,11,14-15,18-19,23,25-27,33H,5-7,9-10,12-13,16-17,20-21,32H2,2-3H3,(H2,34,40)(H,37,38)/b22-18+,33-28?,36-15?/t25?,26-,27?/m1/s1. The maximum atomic E-state index is 11.4. The van der Waals surface area contributed by atoms with Gasteiger partial charge < -0.3 is 31.0 Å². The SMILES string of the molecule is C#CN=C(N[C@H](CC=N/C=C(\C)Cl)C(CN)N(CC1CCCCC1)CC(CCOc1cccnc1)OC)C(=N)OC(N)=O. The van der Waals surface area contributed by atoms with Crippen molar-refractivity contribution in [2.24, 2.45) is 27.4 Å². The molecule has 43 heavy (non-hydrogen) atoms. The number of hydrogen-bond acceptors (Lipinski definition) is 10. The number of nitrogens with zero attached hydrogens (tertiary/aromatic N) is 4. The van der Waals surface area contributed by atoms with Gasteiger partial charge in [-0.15, -0.1) is 0 Å². The van der Waals surface area contributed by atoms with Crippen molar-refractivity contribution < 1.29 is 19.0 Å². The van der Waals surface area contributed by atoms with Gasteiger partial charge in [0.15, 0.2) is 5.84 Å². The van der Waals surface area contributed by atoms with Crippen molar-refractivity contribution in [3.8, 4) is 18.2 Å². The number of carbonyl (C=O) groups is 1. The third kappa shape index (κ3) is 14.0. The summed E-state index contributed by atoms with van der Waals surface area (Å²) in [4.78, 5) is 26.0. The number of amides is 1. The van der Waals surface area contributed by atoms with E-state index in [2.05, 4.69) is 31.2 Å². The fourth-order valence-electron chi connectivity index (χ4n) is 5.08. The summed E-state index contributed by atoms with van der Waals surface area (Å²) in [6.45, 7) is 3.83. The van der Waals surface area contributed by atoms with E-state index in [9.17, 15) is 4.79 Å². The summed E-state index contributed by atoms with van der Waals surface area (Å²) in [5.74, 6) is 0.481. The summed E-state index contributed by atoms with van der Waals surface area (Å²) in [5.41, 5.74) is 11.6. The van der Waals surface area contributed by atoms with E-state index in [1.807, 2.05) is 12.1 Å². The highest BCUT2D eigenvalue weighted by Crippen LogP contribution is 2.26. The smallest absolute Gasteiger partial charge is 0.411 e. The number of allylic oxidation sites excluding steroid dienone is 1. The second-order valence-electron chi connectivity index (χ2n) is 10.3. The second kappa shape index (κ2) is 20.4. The predicted molar refractivity (Wildman–Crippen MR) is 170 cm³/mol. The summed E-state index contributed by atoms with van der Waals surface area (Å²) in [7, 11) is 1.69. The van der Waals surface area contributed by atoms with Crippen LogP contribution in [0.2, 0.25) is 0 Å². The Labute approximate surface area is 259 Å². The lowest BCUT2D eigenvalue weighted by atomic mass is 9.88. The van der Waals surface area contributed by atoms with Gasteiger partial charge in [0.1, 0.15) is 5.75 Å². The fourth-order valence-corrected chi connectivity index (χ4v) is 5.14. The molecule has 1 amide bonds. The highest BCUT2D eigenvalue weighted by Gasteiger charge is 2.32. The van der Waals surface area contributed by atoms with Crippen LogP contribution in [0.4, 0.5) is 4.79 Å². The van der Waals surface area contributed by atoms with Gasteiger partial charge in [0.2, 0.25) is 0 Å². The second-order valence-corrected chi connectivity index (χ2v) is 10.9. The van der Waals surface area contributed by atoms with Gasteiger partial charge in [-0.05, 0) is 37.8 Å². The highest BCUT2D eigenvalue weighted by atomic mass is 35.5. The molecule has 0 radical (unpaired) electrons. The van der Waals surface area contributed by atoms with Crippen molar-refractivity contribution in [2.75, 3.05) is 33.4 Å². The largest absolute Gasteiger partial charge is 0.492 e. The number of aromatic nitrogens is 1. The maximum Gasteiger partial charge on any atom is 0.411 e. The van der Waals surface area contributed by atoms with E-state index in [1.165, 1.54) is 25.5 Å². The molecule has 6 N–H and O–H groups in total. The molecule has 12 nitrogen and oxygen atoms in total. The molecular weight excluding hydrogens is 572 g/mol. The number of methoxy groups -OCH3 is 1. The topological polar surface area (TPSA) is 174 Å². The monoisotopic (exact) mass is 616 g/mol. The van der Waals surface area contributed by atoms with Gasteiger partial charge in [0.05, 0.1) is 18.9 Å². The van der Waals surface area contributed by atoms with Gasteiger partial charge in [-0.3, -0.25) is 20.3 Å². The molecule has 236 valence electrons. The van der Waals surface area contributed by atoms with Crippen LogP contribution < -0.4 is 21.5 Å². The fraction of sp³-hybridized carbons (Fsp3) is 0.567. The van der Waals surface area contributed by atoms with Crippen molar-refractivity contribution in [3.63, 3.8) is 0 Å². The minimum atomic E-state index is -1.15. The van der Waals surface area contributed by atoms with Crippen LogP contribution in [-0.4, -0.2) is 85.5 Å². The third-order valence-corrected chi connectivity index (χ3v) is 7.24. The summed E-state index contributed by atoms with van der Waals surface area (Å²) >= 11 is 5.96. The maximum absolute atomic E-state index is 11.4. The first-order chi connectivity index (χ1) is 20.8. The van der Waals surface area contributed by atoms with Gasteiger partial charge in [-0.1, -0.05) is 37.3 Å². The summed E-state index contributed by atoms with van der Waals surface area (Å²) in [6, 6.07) is 5.13. The third-order valence-electron chi connectivity index (χ3n) is 7.14. The van der Waals surface area contributed by atoms with Crippen LogP contribution in [0, 0.1) is 23.8 Å². The van der Waals surface area contributed by atoms with Gasteiger partial charge in [-0.25, -0.2) is 4.79 Å². The Morgan fingerprint density at radius 2 is 2.16 bits per heavy atom. The number of pyridine rings is 1. The molecule has 1 heterocycles. The molecule has 2 unspecified atom stereocenters. The number of rotatable bonds is 16. The number of nitrogens with two attached hydrogens (primary N) is 2. The van der Waals surface area contributed by atoms with Gasteiger partial charge >= 0.3 is 6.09 Å². The number of hydrogen-bond donors (Lipinski definition) is 4. The molecule has 1 fully saturated rings. The molecule has 0 aromatic carbocycles. The molecule has 13 heteroatoms. The Morgan fingerprint density at radius 3 is 2.77 bits per heavy atom. The summed E-state index contributed by atoms with van der Waals surface area (Å²) in [5, 5.41) is 11.9. The summed E-state index contributed by atoms with van der Waals surface area (Å²) in [6.07, 6.45) is 17.7. The Balaban J connectivity index is 2.34. The normalized spacial score (nSPS) is 16.8. The molecule has 3 atom stereocenters. The minimum absolute atomic E-state index is 0.118. The predicted octanol–water partition coefficient (Wildman–Crippen LogP) is 3.66. The first kappa shape index (κ1) is 35.7. The van der Waals surface area contributed by atoms with Gasteiger partial charge in [0, 0.05) is 81.4 Å². The van der Waals surface area contributed by atoms with Crippen molar-refractivity contribution in [2.45, 2.75) is 70.1 Å². The number of nitrogens with one attached hydrogen (secondary N) is 2. The number of ether oxygens (including phenoxy) is 3. The van der Waals surface area contributed by atoms with Crippen molar-refractivity contribution >= 4 is 35.6 Å². The zero-order valence-electron chi connectivity index (χ0n) is 25.1. The highest BCUT2D eigenvalue weighted by molar-refractivity contribution is 6.38. The molecule has 0 aliphatic heterocycles. The van der Waals surface area contributed by atoms with Crippen molar-refractivity contribution in [1.29, 1.82) is 5.41 Å². The Morgan fingerprint density at radius 1 is 1.40 bits per heavy atom. The molecule has 0 saturated heterocycles. The van der Waals surface area contributed by atoms with E-state index >= 15 is 0 Å². The zero-order valence-corrected chi connectivity index (χ0v) is 25.8. The Hall–Kier alpha value is -3.50. The first-order valence-corrected chi connectivity index (χ1v) is 14.8. The molecule has 2 rings (SSSR count). The van der Waals surface area contributed by atoms with Crippen LogP contribution in [0.1, 0.15) is 51.9 Å². The Kier molecular flexibility index (Phi) is 16.9. The van der Waals surface area contributed by atoms with Crippen LogP contribution in [0.15, 0.2) is 45.7 Å². The molecule has 1 aliphatic rings. The Bertz CT molecular complexity index is 1110. The quantitative estimate of drug-likeness (QED) is 0.124. The van der Waals surface area contributed by atoms with E-state index in [0.717, 1.165) is 19.4 Å². The van der Waals surface area contributed by atoms with Crippen molar-refractivity contribution in [1.82, 2.24) is 15.2 Å². The molecule has 1 saturated carbocycles. The number of halogens is 1. The lowest BCUT2D eigenvalue weighted by Gasteiger charge is -2.40. The average Bonchev–Trinajstić information content (AvgIpc) is 2.99. The number of aliphatic imine (C=N–C) groups is 2. The van der Waals surface area contributed by atoms with Gasteiger partial charge in [-0.2, -0.15) is 4.99 Å². The van der Waals surface area contributed by atoms with Crippen LogP contribution in [-0.2, 0) is 9.47 Å². The van der Waals surface area contributed by atoms with Gasteiger partial charge in [0.25, 0.3) is 5.90 Å². The molecule has 0 spiro atoms. The van der Waals surface area contributed by atoms with Crippen molar-refractivity contribution in [3.05, 3.63) is 35.8 Å². The lowest BCUT2D eigenvalue weighted by molar-refractivity contribution is 0.0222. The van der Waals surface area contributed by atoms with E-state index in [1.54, 1.807) is 32.6 Å². The number of carbonyl (C=O) groups excluding carboxylic acids is 1. The van der Waals surface area contributed by atoms with Crippen LogP contribution in [0.3, 0.4) is 0 Å². The average molecular weight is 617 g/mol. The van der Waals surface area contributed by atoms with E-state index in [0.29, 0.717) is 42.7 Å². The molecule has 1 aromatic rings. The van der Waals surface area contributed by atoms with E-state index in [-0.39, 0.29) is 24.5 Å². The number of terminal acetylenes is 1. The number of amidine groups is 1. The molecular formula is C30H45ClN8O4. The molecule has 1 aromatic heterocycles.